The van der Waals surface area contributed by atoms with Crippen LogP contribution < -0.4 is 5.32 Å². The molecule has 6 aromatic rings. The second kappa shape index (κ2) is 24.5. The van der Waals surface area contributed by atoms with Crippen molar-refractivity contribution in [1.29, 1.82) is 0 Å². The average molecular weight is 1100 g/mol. The van der Waals surface area contributed by atoms with Crippen molar-refractivity contribution in [2.75, 3.05) is 47.0 Å². The highest BCUT2D eigenvalue weighted by atomic mass is 28.4. The van der Waals surface area contributed by atoms with Gasteiger partial charge in [0.1, 0.15) is 47.0 Å². The van der Waals surface area contributed by atoms with Gasteiger partial charge < -0.3 is 24.1 Å². The Balaban J connectivity index is 0.000000169. The van der Waals surface area contributed by atoms with Crippen molar-refractivity contribution in [3.63, 3.8) is 0 Å². The van der Waals surface area contributed by atoms with E-state index >= 15 is 0 Å². The van der Waals surface area contributed by atoms with Gasteiger partial charge in [0.2, 0.25) is 0 Å². The number of carbonyl (C=O) groups excluding carboxylic acids is 2. The first-order chi connectivity index (χ1) is 37.5. The fourth-order valence-electron chi connectivity index (χ4n) is 10.1. The van der Waals surface area contributed by atoms with Gasteiger partial charge in [0.15, 0.2) is 8.32 Å². The number of aliphatic hydroxyl groups is 1. The van der Waals surface area contributed by atoms with Crippen molar-refractivity contribution in [3.05, 3.63) is 232 Å². The van der Waals surface area contributed by atoms with Crippen molar-refractivity contribution in [2.45, 2.75) is 75.7 Å². The van der Waals surface area contributed by atoms with Gasteiger partial charge in [-0.3, -0.25) is 10.1 Å². The van der Waals surface area contributed by atoms with E-state index < -0.39 is 59.7 Å². The molecule has 0 radical (unpaired) electrons. The van der Waals surface area contributed by atoms with E-state index in [1.807, 2.05) is 92.7 Å². The number of fused-ring (bicyclic) bond motifs is 1. The number of urea groups is 1. The molecule has 0 bridgehead atoms. The zero-order valence-electron chi connectivity index (χ0n) is 46.2. The Hall–Kier alpha value is -7.04. The van der Waals surface area contributed by atoms with Crippen molar-refractivity contribution in [1.82, 2.24) is 15.1 Å². The van der Waals surface area contributed by atoms with Crippen LogP contribution in [0.15, 0.2) is 164 Å². The molecular formula is C64H69F6N3O5Si. The van der Waals surface area contributed by atoms with Crippen LogP contribution in [0.25, 0.3) is 16.7 Å². The van der Waals surface area contributed by atoms with Crippen LogP contribution in [0.3, 0.4) is 0 Å². The number of carbonyl (C=O) groups is 2. The van der Waals surface area contributed by atoms with Crippen LogP contribution >= 0.6 is 0 Å². The highest BCUT2D eigenvalue weighted by Gasteiger charge is 2.54. The maximum Gasteiger partial charge on any atom is 0.320 e. The molecule has 6 aromatic carbocycles. The molecule has 2 unspecified atom stereocenters. The van der Waals surface area contributed by atoms with Crippen molar-refractivity contribution < 1.29 is 50.2 Å². The fraction of sp³-hybridized carbons (Fsp3) is 0.312. The maximum atomic E-state index is 14.3. The molecule has 1 aliphatic carbocycles. The minimum Gasteiger partial charge on any atom is -0.464 e. The quantitative estimate of drug-likeness (QED) is 0.0807. The van der Waals surface area contributed by atoms with Crippen LogP contribution in [-0.4, -0.2) is 82.2 Å². The molecule has 416 valence electrons. The minimum absolute atomic E-state index is 0.0623. The molecule has 10 rings (SSSR count). The molecule has 3 heterocycles. The normalized spacial score (nSPS) is 21.2. The zero-order valence-corrected chi connectivity index (χ0v) is 47.2. The molecular weight excluding hydrogens is 1030 g/mol. The van der Waals surface area contributed by atoms with E-state index in [1.54, 1.807) is 44.4 Å². The summed E-state index contributed by atoms with van der Waals surface area (Å²) < 4.78 is 95.4. The number of amides is 2. The molecule has 3 aliphatic heterocycles. The molecule has 79 heavy (non-hydrogen) atoms. The Morgan fingerprint density at radius 3 is 1.63 bits per heavy atom. The van der Waals surface area contributed by atoms with Crippen LogP contribution in [0.5, 0.6) is 0 Å². The van der Waals surface area contributed by atoms with Gasteiger partial charge in [0.05, 0.1) is 30.1 Å². The maximum absolute atomic E-state index is 14.3. The summed E-state index contributed by atoms with van der Waals surface area (Å²) in [6.07, 6.45) is 5.90. The van der Waals surface area contributed by atoms with Crippen molar-refractivity contribution in [3.8, 4) is 0 Å². The molecule has 4 atom stereocenters. The number of rotatable bonds is 10. The summed E-state index contributed by atoms with van der Waals surface area (Å²) in [5.74, 6) is -3.62. The second-order valence-corrected chi connectivity index (χ2v) is 26.4. The summed E-state index contributed by atoms with van der Waals surface area (Å²) >= 11 is 0. The van der Waals surface area contributed by atoms with Crippen LogP contribution in [0.2, 0.25) is 18.1 Å². The first-order valence-corrected chi connectivity index (χ1v) is 29.3. The number of ether oxygens (including phenoxy) is 1. The highest BCUT2D eigenvalue weighted by Crippen LogP contribution is 2.51. The van der Waals surface area contributed by atoms with E-state index in [-0.39, 0.29) is 53.8 Å². The summed E-state index contributed by atoms with van der Waals surface area (Å²) in [5.41, 5.74) is 2.90. The molecule has 1 saturated heterocycles. The minimum atomic E-state index is -1.98. The number of hydrogen-bond acceptors (Lipinski definition) is 6. The predicted molar refractivity (Wildman–Crippen MR) is 302 cm³/mol. The predicted octanol–water partition coefficient (Wildman–Crippen LogP) is 14.0. The summed E-state index contributed by atoms with van der Waals surface area (Å²) in [6, 6.07) is 38.5. The third-order valence-electron chi connectivity index (χ3n) is 15.5. The smallest absolute Gasteiger partial charge is 0.320 e. The lowest BCUT2D eigenvalue weighted by Gasteiger charge is -2.40. The van der Waals surface area contributed by atoms with Gasteiger partial charge in [0.25, 0.3) is 0 Å². The molecule has 0 spiro atoms. The first-order valence-electron chi connectivity index (χ1n) is 26.4. The molecule has 2 amide bonds. The van der Waals surface area contributed by atoms with E-state index in [1.165, 1.54) is 28.0 Å². The first kappa shape index (κ1) is 59.6. The monoisotopic (exact) mass is 1100 g/mol. The Kier molecular flexibility index (Phi) is 18.5. The zero-order chi connectivity index (χ0) is 57.5. The molecule has 1 fully saturated rings. The van der Waals surface area contributed by atoms with E-state index in [4.69, 9.17) is 9.16 Å². The Bertz CT molecular complexity index is 3220. The van der Waals surface area contributed by atoms with Gasteiger partial charge in [-0.05, 0) is 119 Å². The lowest BCUT2D eigenvalue weighted by Crippen LogP contribution is -2.51. The summed E-state index contributed by atoms with van der Waals surface area (Å²) in [7, 11) is 1.24. The van der Waals surface area contributed by atoms with Crippen molar-refractivity contribution >= 4 is 37.0 Å². The van der Waals surface area contributed by atoms with Crippen LogP contribution in [0.1, 0.15) is 74.4 Å². The van der Waals surface area contributed by atoms with Gasteiger partial charge in [-0.1, -0.05) is 138 Å². The number of nitrogens with zero attached hydrogens (tertiary/aromatic N) is 2. The van der Waals surface area contributed by atoms with Gasteiger partial charge in [-0.2, -0.15) is 0 Å². The number of nitrogens with one attached hydrogen (secondary N) is 1. The number of esters is 1. The van der Waals surface area contributed by atoms with Crippen LogP contribution in [0.4, 0.5) is 31.1 Å². The summed E-state index contributed by atoms with van der Waals surface area (Å²) in [5, 5.41) is 13.8. The van der Waals surface area contributed by atoms with Gasteiger partial charge in [-0.15, -0.1) is 0 Å². The number of cyclic esters (lactones) is 1. The fourth-order valence-corrected chi connectivity index (χ4v) is 11.1. The Labute approximate surface area is 461 Å². The van der Waals surface area contributed by atoms with E-state index in [2.05, 4.69) is 39.2 Å². The van der Waals surface area contributed by atoms with Gasteiger partial charge >= 0.3 is 12.0 Å². The largest absolute Gasteiger partial charge is 0.464 e. The average Bonchev–Trinajstić information content (AvgIpc) is 4.37. The highest BCUT2D eigenvalue weighted by molar-refractivity contribution is 6.74. The molecule has 0 saturated carbocycles. The number of benzene rings is 6. The van der Waals surface area contributed by atoms with Crippen LogP contribution in [0, 0.1) is 40.8 Å². The number of hydrogen-bond donors (Lipinski definition) is 2. The third kappa shape index (κ3) is 12.6. The van der Waals surface area contributed by atoms with Gasteiger partial charge in [-0.25, -0.2) is 31.1 Å². The Morgan fingerprint density at radius 2 is 1.15 bits per heavy atom. The summed E-state index contributed by atoms with van der Waals surface area (Å²) in [4.78, 5) is 27.8. The third-order valence-corrected chi connectivity index (χ3v) is 20.0. The molecule has 15 heteroatoms. The van der Waals surface area contributed by atoms with Crippen LogP contribution in [-0.2, 0) is 30.5 Å². The lowest BCUT2D eigenvalue weighted by atomic mass is 9.75. The second-order valence-electron chi connectivity index (χ2n) is 21.6. The van der Waals surface area contributed by atoms with Gasteiger partial charge in [0, 0.05) is 43.9 Å². The SMILES string of the molecule is CC.CC(C)(C)[Si](C)(C)OC[C@@]1(c2ccccc2)C=C(c2cc(F)ccc2F)CN1.CN(C)C(=O)N1CC(c2cc(F)ccc2F)=C[C@@]1(CO)c1ccccc1.O=C1OCC2(c3ccccc3)C=C(c3cc(F)ccc3F)CC12. The topological polar surface area (TPSA) is 91.3 Å². The molecule has 2 N–H and O–H groups in total. The Morgan fingerprint density at radius 1 is 0.684 bits per heavy atom. The number of halogens is 6. The lowest BCUT2D eigenvalue weighted by molar-refractivity contribution is -0.141. The number of allylic oxidation sites excluding steroid dienone is 1. The standard InChI is InChI=1S/C23H29F2NOSi.C20H20F2N2O2.C19H14F2O2.C2H6/c1-22(2,3)28(4,5)27-16-23(18-9-7-6-8-10-18)14-17(15-26-23)20-13-19(24)11-12-21(20)25;1-23(2)19(26)24-12-14(17-10-16(21)8-9-18(17)22)11-20(24,13-25)15-6-4-3-5-7-15;20-14-6-7-17(21)15(9-14)12-8-16-18(22)23-11-19(16,10-12)13-4-2-1-3-5-13;1-2/h6-14,26H,15-16H2,1-5H3;3-11,25H,12-13H2,1-2H3;1-7,9-10,16H,8,11H2;1-2H3/t23-;20-;;/m11../s1. The van der Waals surface area contributed by atoms with Crippen molar-refractivity contribution in [2.24, 2.45) is 5.92 Å². The molecule has 8 nitrogen and oxygen atoms in total. The molecule has 0 aromatic heterocycles. The summed E-state index contributed by atoms with van der Waals surface area (Å²) in [6.45, 7) is 15.9. The van der Waals surface area contributed by atoms with E-state index in [0.29, 0.717) is 41.8 Å². The van der Waals surface area contributed by atoms with E-state index in [0.717, 1.165) is 53.1 Å². The number of aliphatic hydroxyl groups excluding tert-OH is 1. The molecule has 4 aliphatic rings. The van der Waals surface area contributed by atoms with E-state index in [9.17, 15) is 41.0 Å².